The van der Waals surface area contributed by atoms with Crippen LogP contribution in [-0.2, 0) is 0 Å². The van der Waals surface area contributed by atoms with Crippen molar-refractivity contribution in [1.82, 2.24) is 10.2 Å². The minimum absolute atomic E-state index is 0.301. The zero-order valence-corrected chi connectivity index (χ0v) is 8.58. The van der Waals surface area contributed by atoms with Crippen molar-refractivity contribution in [2.75, 3.05) is 27.2 Å². The molecule has 0 spiro atoms. The van der Waals surface area contributed by atoms with Crippen molar-refractivity contribution in [2.24, 2.45) is 0 Å². The first-order valence-electron chi connectivity index (χ1n) is 4.61. The first-order chi connectivity index (χ1) is 6.20. The zero-order valence-electron chi connectivity index (χ0n) is 8.58. The number of hydrogen-bond donors (Lipinski definition) is 1. The molecule has 0 aliphatic carbocycles. The van der Waals surface area contributed by atoms with Crippen LogP contribution in [0.25, 0.3) is 0 Å². The second-order valence-corrected chi connectivity index (χ2v) is 3.49. The number of furan rings is 1. The Morgan fingerprint density at radius 2 is 2.31 bits per heavy atom. The lowest BCUT2D eigenvalue weighted by molar-refractivity contribution is 0.371. The fourth-order valence-electron chi connectivity index (χ4n) is 1.14. The fraction of sp³-hybridized carbons (Fsp3) is 0.600. The van der Waals surface area contributed by atoms with Gasteiger partial charge in [0.1, 0.15) is 5.76 Å². The molecule has 1 aromatic rings. The van der Waals surface area contributed by atoms with E-state index in [9.17, 15) is 0 Å². The average molecular weight is 182 g/mol. The van der Waals surface area contributed by atoms with Crippen LogP contribution in [0.3, 0.4) is 0 Å². The third-order valence-electron chi connectivity index (χ3n) is 1.98. The monoisotopic (exact) mass is 182 g/mol. The molecular formula is C10H18N2O. The molecule has 0 aliphatic rings. The molecule has 3 nitrogen and oxygen atoms in total. The largest absolute Gasteiger partial charge is 0.468 e. The third-order valence-corrected chi connectivity index (χ3v) is 1.98. The van der Waals surface area contributed by atoms with Crippen molar-refractivity contribution in [3.8, 4) is 0 Å². The Morgan fingerprint density at radius 1 is 1.54 bits per heavy atom. The van der Waals surface area contributed by atoms with Crippen molar-refractivity contribution >= 4 is 0 Å². The number of nitrogens with zero attached hydrogens (tertiary/aromatic N) is 1. The molecule has 1 N–H and O–H groups in total. The molecule has 0 saturated heterocycles. The molecule has 0 aromatic carbocycles. The van der Waals surface area contributed by atoms with Crippen molar-refractivity contribution in [3.63, 3.8) is 0 Å². The van der Waals surface area contributed by atoms with E-state index in [4.69, 9.17) is 4.42 Å². The molecule has 0 radical (unpaired) electrons. The van der Waals surface area contributed by atoms with E-state index < -0.39 is 0 Å². The van der Waals surface area contributed by atoms with Gasteiger partial charge >= 0.3 is 0 Å². The van der Waals surface area contributed by atoms with Gasteiger partial charge in [0.2, 0.25) is 0 Å². The molecule has 0 fully saturated rings. The quantitative estimate of drug-likeness (QED) is 0.748. The second-order valence-electron chi connectivity index (χ2n) is 3.49. The Hall–Kier alpha value is -0.800. The molecular weight excluding hydrogens is 164 g/mol. The zero-order chi connectivity index (χ0) is 9.68. The molecule has 0 aliphatic heterocycles. The highest BCUT2D eigenvalue weighted by Crippen LogP contribution is 2.11. The molecule has 0 unspecified atom stereocenters. The van der Waals surface area contributed by atoms with Gasteiger partial charge < -0.3 is 14.6 Å². The van der Waals surface area contributed by atoms with Gasteiger partial charge in [-0.3, -0.25) is 0 Å². The minimum Gasteiger partial charge on any atom is -0.468 e. The molecule has 1 rings (SSSR count). The molecule has 0 amide bonds. The van der Waals surface area contributed by atoms with Gasteiger partial charge in [-0.25, -0.2) is 0 Å². The Labute approximate surface area is 79.7 Å². The molecule has 74 valence electrons. The van der Waals surface area contributed by atoms with Gasteiger partial charge in [0.05, 0.1) is 12.3 Å². The summed E-state index contributed by atoms with van der Waals surface area (Å²) in [7, 11) is 4.14. The minimum atomic E-state index is 0.301. The Bertz CT molecular complexity index is 219. The van der Waals surface area contributed by atoms with Crippen LogP contribution in [0.5, 0.6) is 0 Å². The maximum absolute atomic E-state index is 5.28. The molecule has 0 saturated carbocycles. The highest BCUT2D eigenvalue weighted by atomic mass is 16.3. The summed E-state index contributed by atoms with van der Waals surface area (Å²) in [6, 6.07) is 4.21. The van der Waals surface area contributed by atoms with Gasteiger partial charge in [0, 0.05) is 13.1 Å². The van der Waals surface area contributed by atoms with Crippen LogP contribution in [0.4, 0.5) is 0 Å². The van der Waals surface area contributed by atoms with E-state index in [0.29, 0.717) is 6.04 Å². The topological polar surface area (TPSA) is 28.4 Å². The Kier molecular flexibility index (Phi) is 3.99. The van der Waals surface area contributed by atoms with E-state index in [2.05, 4.69) is 31.2 Å². The van der Waals surface area contributed by atoms with Crippen molar-refractivity contribution in [3.05, 3.63) is 24.2 Å². The normalized spacial score (nSPS) is 13.5. The molecule has 1 atom stereocenters. The van der Waals surface area contributed by atoms with Crippen molar-refractivity contribution < 1.29 is 4.42 Å². The van der Waals surface area contributed by atoms with E-state index >= 15 is 0 Å². The number of nitrogens with one attached hydrogen (secondary N) is 1. The van der Waals surface area contributed by atoms with Crippen LogP contribution >= 0.6 is 0 Å². The Morgan fingerprint density at radius 3 is 2.85 bits per heavy atom. The first kappa shape index (κ1) is 10.3. The van der Waals surface area contributed by atoms with Gasteiger partial charge in [-0.2, -0.15) is 0 Å². The summed E-state index contributed by atoms with van der Waals surface area (Å²) < 4.78 is 5.28. The van der Waals surface area contributed by atoms with E-state index in [1.54, 1.807) is 6.26 Å². The van der Waals surface area contributed by atoms with E-state index in [0.717, 1.165) is 18.8 Å². The van der Waals surface area contributed by atoms with Crippen LogP contribution in [0, 0.1) is 0 Å². The van der Waals surface area contributed by atoms with Crippen LogP contribution < -0.4 is 5.32 Å². The van der Waals surface area contributed by atoms with Gasteiger partial charge in [-0.05, 0) is 33.2 Å². The summed E-state index contributed by atoms with van der Waals surface area (Å²) >= 11 is 0. The highest BCUT2D eigenvalue weighted by molar-refractivity contribution is 5.02. The summed E-state index contributed by atoms with van der Waals surface area (Å²) in [5, 5.41) is 3.38. The van der Waals surface area contributed by atoms with E-state index in [-0.39, 0.29) is 0 Å². The summed E-state index contributed by atoms with van der Waals surface area (Å²) in [5.41, 5.74) is 0. The standard InChI is InChI=1S/C10H18N2O/c1-9(10-5-4-8-13-10)11-6-7-12(2)3/h4-5,8-9,11H,6-7H2,1-3H3/t9-/m0/s1. The summed E-state index contributed by atoms with van der Waals surface area (Å²) in [6.07, 6.45) is 1.71. The van der Waals surface area contributed by atoms with Gasteiger partial charge in [-0.15, -0.1) is 0 Å². The van der Waals surface area contributed by atoms with Crippen LogP contribution in [0.15, 0.2) is 22.8 Å². The van der Waals surface area contributed by atoms with Gasteiger partial charge in [0.25, 0.3) is 0 Å². The second kappa shape index (κ2) is 5.04. The van der Waals surface area contributed by atoms with Crippen molar-refractivity contribution in [1.29, 1.82) is 0 Å². The maximum Gasteiger partial charge on any atom is 0.120 e. The lowest BCUT2D eigenvalue weighted by Crippen LogP contribution is -2.28. The predicted octanol–water partition coefficient (Wildman–Crippen LogP) is 1.49. The van der Waals surface area contributed by atoms with Crippen LogP contribution in [0.1, 0.15) is 18.7 Å². The predicted molar refractivity (Wildman–Crippen MR) is 53.7 cm³/mol. The molecule has 0 bridgehead atoms. The summed E-state index contributed by atoms with van der Waals surface area (Å²) in [5.74, 6) is 0.999. The lowest BCUT2D eigenvalue weighted by atomic mass is 10.2. The number of hydrogen-bond acceptors (Lipinski definition) is 3. The van der Waals surface area contributed by atoms with Gasteiger partial charge in [0.15, 0.2) is 0 Å². The van der Waals surface area contributed by atoms with Crippen LogP contribution in [0.2, 0.25) is 0 Å². The summed E-state index contributed by atoms with van der Waals surface area (Å²) in [6.45, 7) is 4.13. The molecule has 3 heteroatoms. The molecule has 13 heavy (non-hydrogen) atoms. The van der Waals surface area contributed by atoms with E-state index in [1.807, 2.05) is 12.1 Å². The number of rotatable bonds is 5. The average Bonchev–Trinajstić information content (AvgIpc) is 2.55. The van der Waals surface area contributed by atoms with Crippen LogP contribution in [-0.4, -0.2) is 32.1 Å². The van der Waals surface area contributed by atoms with Gasteiger partial charge in [-0.1, -0.05) is 0 Å². The SMILES string of the molecule is C[C@H](NCCN(C)C)c1ccco1. The fourth-order valence-corrected chi connectivity index (χ4v) is 1.14. The van der Waals surface area contributed by atoms with E-state index in [1.165, 1.54) is 0 Å². The molecule has 1 aromatic heterocycles. The lowest BCUT2D eigenvalue weighted by Gasteiger charge is -2.14. The highest BCUT2D eigenvalue weighted by Gasteiger charge is 2.05. The number of likely N-dealkylation sites (N-methyl/N-ethyl adjacent to an activating group) is 1. The third kappa shape index (κ3) is 3.61. The summed E-state index contributed by atoms with van der Waals surface area (Å²) in [4.78, 5) is 2.15. The smallest absolute Gasteiger partial charge is 0.120 e. The molecule has 1 heterocycles. The Balaban J connectivity index is 2.22. The van der Waals surface area contributed by atoms with Crippen molar-refractivity contribution in [2.45, 2.75) is 13.0 Å². The maximum atomic E-state index is 5.28. The first-order valence-corrected chi connectivity index (χ1v) is 4.61.